The lowest BCUT2D eigenvalue weighted by atomic mass is 10.0. The Morgan fingerprint density at radius 3 is 2.78 bits per heavy atom. The first-order valence-electron chi connectivity index (χ1n) is 5.13. The lowest BCUT2D eigenvalue weighted by Gasteiger charge is -2.07. The molecule has 18 heavy (non-hydrogen) atoms. The van der Waals surface area contributed by atoms with Crippen LogP contribution in [0, 0.1) is 11.3 Å². The number of aromatic nitrogens is 1. The van der Waals surface area contributed by atoms with E-state index in [1.165, 1.54) is 6.20 Å². The van der Waals surface area contributed by atoms with Crippen molar-refractivity contribution in [3.63, 3.8) is 0 Å². The largest absolute Gasteiger partial charge is 0.496 e. The van der Waals surface area contributed by atoms with Gasteiger partial charge in [0.15, 0.2) is 0 Å². The van der Waals surface area contributed by atoms with E-state index in [9.17, 15) is 4.79 Å². The molecule has 0 fully saturated rings. The van der Waals surface area contributed by atoms with E-state index in [4.69, 9.17) is 10.00 Å². The maximum absolute atomic E-state index is 11.5. The molecular formula is C13H9BrN2O2. The van der Waals surface area contributed by atoms with E-state index in [2.05, 4.69) is 20.9 Å². The van der Waals surface area contributed by atoms with Crippen molar-refractivity contribution in [2.24, 2.45) is 0 Å². The number of ether oxygens (including phenoxy) is 1. The molecule has 1 heterocycles. The molecule has 0 saturated heterocycles. The fourth-order valence-corrected chi connectivity index (χ4v) is 2.20. The predicted octanol–water partition coefficient (Wildman–Crippen LogP) is 2.68. The minimum Gasteiger partial charge on any atom is -0.496 e. The summed E-state index contributed by atoms with van der Waals surface area (Å²) in [6.07, 6.45) is 1.52. The lowest BCUT2D eigenvalue weighted by molar-refractivity contribution is 0.412. The highest BCUT2D eigenvalue weighted by molar-refractivity contribution is 9.10. The number of H-pyrrole nitrogens is 1. The lowest BCUT2D eigenvalue weighted by Crippen LogP contribution is -2.10. The van der Waals surface area contributed by atoms with Gasteiger partial charge in [-0.25, -0.2) is 0 Å². The van der Waals surface area contributed by atoms with E-state index in [0.29, 0.717) is 11.3 Å². The summed E-state index contributed by atoms with van der Waals surface area (Å²) in [4.78, 5) is 14.0. The summed E-state index contributed by atoms with van der Waals surface area (Å²) < 4.78 is 5.91. The molecule has 0 unspecified atom stereocenters. The molecule has 0 radical (unpaired) electrons. The number of benzene rings is 1. The SMILES string of the molecule is COc1ccc(-c2cc[nH]c(=O)c2C#N)cc1Br. The average Bonchev–Trinajstić information content (AvgIpc) is 2.38. The van der Waals surface area contributed by atoms with Crippen LogP contribution in [0.15, 0.2) is 39.7 Å². The Bertz CT molecular complexity index is 686. The molecule has 0 atom stereocenters. The summed E-state index contributed by atoms with van der Waals surface area (Å²) >= 11 is 3.38. The van der Waals surface area contributed by atoms with Crippen molar-refractivity contribution in [1.29, 1.82) is 5.26 Å². The first-order chi connectivity index (χ1) is 8.67. The minimum atomic E-state index is -0.387. The molecule has 0 saturated carbocycles. The van der Waals surface area contributed by atoms with Gasteiger partial charge in [0.2, 0.25) is 0 Å². The molecule has 90 valence electrons. The standard InChI is InChI=1S/C13H9BrN2O2/c1-18-12-3-2-8(6-11(12)14)9-4-5-16-13(17)10(9)7-15/h2-6H,1H3,(H,16,17). The zero-order valence-electron chi connectivity index (χ0n) is 9.53. The molecule has 0 bridgehead atoms. The Kier molecular flexibility index (Phi) is 3.49. The van der Waals surface area contributed by atoms with Crippen LogP contribution in [-0.4, -0.2) is 12.1 Å². The Hall–Kier alpha value is -2.06. The molecule has 0 amide bonds. The molecule has 5 heteroatoms. The maximum Gasteiger partial charge on any atom is 0.266 e. The Morgan fingerprint density at radius 1 is 1.39 bits per heavy atom. The zero-order chi connectivity index (χ0) is 13.1. The first-order valence-corrected chi connectivity index (χ1v) is 5.92. The highest BCUT2D eigenvalue weighted by atomic mass is 79.9. The van der Waals surface area contributed by atoms with Gasteiger partial charge < -0.3 is 9.72 Å². The molecule has 2 rings (SSSR count). The number of aromatic amines is 1. The van der Waals surface area contributed by atoms with Gasteiger partial charge in [-0.3, -0.25) is 4.79 Å². The third kappa shape index (κ3) is 2.15. The average molecular weight is 305 g/mol. The van der Waals surface area contributed by atoms with Gasteiger partial charge in [0.25, 0.3) is 5.56 Å². The number of nitrogens with zero attached hydrogens (tertiary/aromatic N) is 1. The predicted molar refractivity (Wildman–Crippen MR) is 71.5 cm³/mol. The Labute approximate surface area is 112 Å². The molecular weight excluding hydrogens is 296 g/mol. The second-order valence-corrected chi connectivity index (χ2v) is 4.41. The quantitative estimate of drug-likeness (QED) is 0.927. The van der Waals surface area contributed by atoms with E-state index < -0.39 is 0 Å². The second kappa shape index (κ2) is 5.07. The van der Waals surface area contributed by atoms with Gasteiger partial charge in [-0.2, -0.15) is 5.26 Å². The minimum absolute atomic E-state index is 0.106. The Balaban J connectivity index is 2.64. The fraction of sp³-hybridized carbons (Fsp3) is 0.0769. The van der Waals surface area contributed by atoms with Crippen LogP contribution in [0.5, 0.6) is 5.75 Å². The monoisotopic (exact) mass is 304 g/mol. The molecule has 4 nitrogen and oxygen atoms in total. The van der Waals surface area contributed by atoms with Crippen molar-refractivity contribution in [3.05, 3.63) is 50.9 Å². The molecule has 1 N–H and O–H groups in total. The van der Waals surface area contributed by atoms with Crippen LogP contribution < -0.4 is 10.3 Å². The molecule has 1 aromatic carbocycles. The molecule has 0 spiro atoms. The number of hydrogen-bond acceptors (Lipinski definition) is 3. The first kappa shape index (κ1) is 12.4. The van der Waals surface area contributed by atoms with Crippen LogP contribution in [0.1, 0.15) is 5.56 Å². The van der Waals surface area contributed by atoms with E-state index in [1.54, 1.807) is 25.3 Å². The van der Waals surface area contributed by atoms with Gasteiger partial charge in [0, 0.05) is 11.8 Å². The second-order valence-electron chi connectivity index (χ2n) is 3.56. The van der Waals surface area contributed by atoms with Crippen molar-refractivity contribution >= 4 is 15.9 Å². The van der Waals surface area contributed by atoms with Gasteiger partial charge in [-0.05, 0) is 39.7 Å². The smallest absolute Gasteiger partial charge is 0.266 e. The summed E-state index contributed by atoms with van der Waals surface area (Å²) in [7, 11) is 1.58. The van der Waals surface area contributed by atoms with Crippen LogP contribution in [0.2, 0.25) is 0 Å². The van der Waals surface area contributed by atoms with Crippen LogP contribution in [0.3, 0.4) is 0 Å². The van der Waals surface area contributed by atoms with Crippen molar-refractivity contribution in [2.45, 2.75) is 0 Å². The highest BCUT2D eigenvalue weighted by Crippen LogP contribution is 2.30. The summed E-state index contributed by atoms with van der Waals surface area (Å²) in [5.41, 5.74) is 1.10. The molecule has 0 aliphatic carbocycles. The van der Waals surface area contributed by atoms with Crippen molar-refractivity contribution < 1.29 is 4.74 Å². The summed E-state index contributed by atoms with van der Waals surface area (Å²) in [6.45, 7) is 0. The van der Waals surface area contributed by atoms with Crippen LogP contribution >= 0.6 is 15.9 Å². The number of methoxy groups -OCH3 is 1. The zero-order valence-corrected chi connectivity index (χ0v) is 11.1. The van der Waals surface area contributed by atoms with Crippen molar-refractivity contribution in [3.8, 4) is 22.9 Å². The maximum atomic E-state index is 11.5. The number of halogens is 1. The summed E-state index contributed by atoms with van der Waals surface area (Å²) in [5, 5.41) is 9.02. The van der Waals surface area contributed by atoms with Gasteiger partial charge in [0.1, 0.15) is 17.4 Å². The van der Waals surface area contributed by atoms with Gasteiger partial charge >= 0.3 is 0 Å². The highest BCUT2D eigenvalue weighted by Gasteiger charge is 2.10. The van der Waals surface area contributed by atoms with Crippen LogP contribution in [0.4, 0.5) is 0 Å². The number of hydrogen-bond donors (Lipinski definition) is 1. The molecule has 2 aromatic rings. The van der Waals surface area contributed by atoms with Crippen LogP contribution in [-0.2, 0) is 0 Å². The molecule has 0 aliphatic heterocycles. The molecule has 1 aromatic heterocycles. The fourth-order valence-electron chi connectivity index (χ4n) is 1.66. The van der Waals surface area contributed by atoms with Gasteiger partial charge in [-0.1, -0.05) is 6.07 Å². The van der Waals surface area contributed by atoms with E-state index in [1.807, 2.05) is 12.1 Å². The topological polar surface area (TPSA) is 65.9 Å². The summed E-state index contributed by atoms with van der Waals surface area (Å²) in [5.74, 6) is 0.696. The number of nitrogens with one attached hydrogen (secondary N) is 1. The van der Waals surface area contributed by atoms with E-state index >= 15 is 0 Å². The third-order valence-electron chi connectivity index (χ3n) is 2.54. The number of nitriles is 1. The molecule has 0 aliphatic rings. The number of pyridine rings is 1. The van der Waals surface area contributed by atoms with Gasteiger partial charge in [0.05, 0.1) is 11.6 Å². The number of rotatable bonds is 2. The van der Waals surface area contributed by atoms with Crippen molar-refractivity contribution in [1.82, 2.24) is 4.98 Å². The van der Waals surface area contributed by atoms with Crippen molar-refractivity contribution in [2.75, 3.05) is 7.11 Å². The normalized spacial score (nSPS) is 9.83. The van der Waals surface area contributed by atoms with Crippen LogP contribution in [0.25, 0.3) is 11.1 Å². The Morgan fingerprint density at radius 2 is 2.17 bits per heavy atom. The third-order valence-corrected chi connectivity index (χ3v) is 3.16. The van der Waals surface area contributed by atoms with E-state index in [-0.39, 0.29) is 11.1 Å². The van der Waals surface area contributed by atoms with E-state index in [0.717, 1.165) is 10.0 Å². The van der Waals surface area contributed by atoms with Gasteiger partial charge in [-0.15, -0.1) is 0 Å². The summed E-state index contributed by atoms with van der Waals surface area (Å²) in [6, 6.07) is 9.02.